The molecule has 0 bridgehead atoms. The molecule has 2 aromatic heterocycles. The Morgan fingerprint density at radius 2 is 1.06 bits per heavy atom. The summed E-state index contributed by atoms with van der Waals surface area (Å²) in [7, 11) is 0. The van der Waals surface area contributed by atoms with Crippen molar-refractivity contribution < 1.29 is 0 Å². The minimum absolute atomic E-state index is 0.870. The van der Waals surface area contributed by atoms with Gasteiger partial charge in [-0.15, -0.1) is 0 Å². The molecule has 0 aliphatic carbocycles. The molecule has 0 unspecified atom stereocenters. The van der Waals surface area contributed by atoms with Gasteiger partial charge in [-0.05, 0) is 111 Å². The number of aromatic nitrogens is 2. The van der Waals surface area contributed by atoms with Crippen molar-refractivity contribution in [3.8, 4) is 0 Å². The van der Waals surface area contributed by atoms with E-state index < -0.39 is 0 Å². The number of H-pyrrole nitrogens is 2. The van der Waals surface area contributed by atoms with Gasteiger partial charge in [0, 0.05) is 41.6 Å². The Morgan fingerprint density at radius 1 is 0.667 bits per heavy atom. The minimum atomic E-state index is 0.870. The van der Waals surface area contributed by atoms with E-state index in [1.165, 1.54) is 67.3 Å². The van der Waals surface area contributed by atoms with E-state index in [9.17, 15) is 0 Å². The molecule has 0 saturated carbocycles. The second kappa shape index (κ2) is 9.01. The number of aliphatic imine (C=N–C) groups is 2. The molecule has 0 fully saturated rings. The maximum atomic E-state index is 4.60. The summed E-state index contributed by atoms with van der Waals surface area (Å²) < 4.78 is 0. The number of rotatable bonds is 6. The average molecular weight is 441 g/mol. The fourth-order valence-electron chi connectivity index (χ4n) is 4.85. The van der Waals surface area contributed by atoms with Crippen molar-refractivity contribution in [2.45, 2.75) is 74.7 Å². The molecule has 0 spiro atoms. The molecule has 2 aliphatic heterocycles. The molecule has 33 heavy (non-hydrogen) atoms. The lowest BCUT2D eigenvalue weighted by molar-refractivity contribution is 0.965. The molecular weight excluding hydrogens is 404 g/mol. The summed E-state index contributed by atoms with van der Waals surface area (Å²) >= 11 is 0. The summed E-state index contributed by atoms with van der Waals surface area (Å²) in [5, 5.41) is 0. The molecule has 172 valence electrons. The Kier molecular flexibility index (Phi) is 6.29. The Morgan fingerprint density at radius 3 is 1.36 bits per heavy atom. The Hall–Kier alpha value is -3.14. The lowest BCUT2D eigenvalue weighted by atomic mass is 10.0. The van der Waals surface area contributed by atoms with E-state index in [0.717, 1.165) is 30.7 Å². The number of aromatic amines is 2. The van der Waals surface area contributed by atoms with Crippen molar-refractivity contribution in [3.05, 3.63) is 78.7 Å². The molecule has 2 aromatic rings. The van der Waals surface area contributed by atoms with Crippen LogP contribution < -0.4 is 0 Å². The topological polar surface area (TPSA) is 56.3 Å². The number of hydrogen-bond donors (Lipinski definition) is 2. The number of nitrogens with one attached hydrogen (secondary N) is 2. The average Bonchev–Trinajstić information content (AvgIpc) is 3.47. The molecule has 0 radical (unpaired) electrons. The lowest BCUT2D eigenvalue weighted by Gasteiger charge is -2.05. The van der Waals surface area contributed by atoms with Gasteiger partial charge >= 0.3 is 0 Å². The zero-order valence-corrected chi connectivity index (χ0v) is 21.3. The highest BCUT2D eigenvalue weighted by Crippen LogP contribution is 2.31. The zero-order valence-electron chi connectivity index (χ0n) is 21.3. The third-order valence-corrected chi connectivity index (χ3v) is 7.38. The van der Waals surface area contributed by atoms with Crippen LogP contribution in [-0.2, 0) is 19.3 Å². The second-order valence-electron chi connectivity index (χ2n) is 9.32. The van der Waals surface area contributed by atoms with Gasteiger partial charge in [0.05, 0.1) is 11.4 Å². The largest absolute Gasteiger partial charge is 0.358 e. The van der Waals surface area contributed by atoms with Crippen molar-refractivity contribution in [3.63, 3.8) is 0 Å². The fourth-order valence-corrected chi connectivity index (χ4v) is 4.85. The van der Waals surface area contributed by atoms with Crippen LogP contribution in [0.15, 0.2) is 43.7 Å². The third kappa shape index (κ3) is 4.15. The van der Waals surface area contributed by atoms with E-state index in [2.05, 4.69) is 87.5 Å². The quantitative estimate of drug-likeness (QED) is 0.477. The molecule has 0 amide bonds. The van der Waals surface area contributed by atoms with Gasteiger partial charge in [-0.3, -0.25) is 9.98 Å². The van der Waals surface area contributed by atoms with Gasteiger partial charge in [-0.25, -0.2) is 0 Å². The molecule has 4 rings (SSSR count). The van der Waals surface area contributed by atoms with Crippen LogP contribution in [0.3, 0.4) is 0 Å². The first-order valence-electron chi connectivity index (χ1n) is 12.0. The van der Waals surface area contributed by atoms with Crippen molar-refractivity contribution >= 4 is 24.6 Å². The summed E-state index contributed by atoms with van der Waals surface area (Å²) in [6.07, 6.45) is 11.2. The summed E-state index contributed by atoms with van der Waals surface area (Å²) in [6, 6.07) is 0. The maximum Gasteiger partial charge on any atom is 0.0682 e. The Bertz CT molecular complexity index is 1200. The zero-order chi connectivity index (χ0) is 23.9. The van der Waals surface area contributed by atoms with Gasteiger partial charge in [0.1, 0.15) is 0 Å². The maximum absolute atomic E-state index is 4.60. The lowest BCUT2D eigenvalue weighted by Crippen LogP contribution is -1.97. The molecule has 4 nitrogen and oxygen atoms in total. The molecule has 4 heterocycles. The van der Waals surface area contributed by atoms with Crippen LogP contribution in [-0.4, -0.2) is 22.4 Å². The summed E-state index contributed by atoms with van der Waals surface area (Å²) in [6.45, 7) is 17.5. The highest BCUT2D eigenvalue weighted by Gasteiger charge is 2.19. The second-order valence-corrected chi connectivity index (χ2v) is 9.32. The fraction of sp³-hybridized carbons (Fsp3) is 0.379. The molecule has 0 saturated heterocycles. The molecule has 0 atom stereocenters. The predicted octanol–water partition coefficient (Wildman–Crippen LogP) is 7.20. The van der Waals surface area contributed by atoms with Gasteiger partial charge in [0.15, 0.2) is 0 Å². The van der Waals surface area contributed by atoms with Crippen molar-refractivity contribution in [2.75, 3.05) is 0 Å². The molecule has 2 aliphatic rings. The van der Waals surface area contributed by atoms with Crippen LogP contribution in [0.2, 0.25) is 0 Å². The number of allylic oxidation sites excluding steroid dienone is 4. The van der Waals surface area contributed by atoms with Gasteiger partial charge in [-0.1, -0.05) is 13.8 Å². The highest BCUT2D eigenvalue weighted by molar-refractivity contribution is 5.88. The first-order valence-corrected chi connectivity index (χ1v) is 12.0. The monoisotopic (exact) mass is 440 g/mol. The van der Waals surface area contributed by atoms with Crippen LogP contribution in [0.25, 0.3) is 12.2 Å². The van der Waals surface area contributed by atoms with Crippen LogP contribution >= 0.6 is 0 Å². The third-order valence-electron chi connectivity index (χ3n) is 7.38. The van der Waals surface area contributed by atoms with Gasteiger partial charge in [0.25, 0.3) is 0 Å². The Labute approximate surface area is 198 Å². The number of hydrogen-bond acceptors (Lipinski definition) is 2. The van der Waals surface area contributed by atoms with Gasteiger partial charge < -0.3 is 9.97 Å². The molecular formula is C29H36N4. The van der Waals surface area contributed by atoms with Crippen LogP contribution in [0.1, 0.15) is 86.6 Å². The first-order chi connectivity index (χ1) is 15.7. The summed E-state index contributed by atoms with van der Waals surface area (Å²) in [5.74, 6) is 0. The van der Waals surface area contributed by atoms with Gasteiger partial charge in [-0.2, -0.15) is 0 Å². The van der Waals surface area contributed by atoms with E-state index in [-0.39, 0.29) is 0 Å². The smallest absolute Gasteiger partial charge is 0.0682 e. The van der Waals surface area contributed by atoms with Crippen LogP contribution in [0, 0.1) is 13.8 Å². The van der Waals surface area contributed by atoms with Crippen LogP contribution in [0.4, 0.5) is 0 Å². The van der Waals surface area contributed by atoms with E-state index in [1.807, 2.05) is 12.4 Å². The SMILES string of the molecule is CCc1c(Cc2[nH]c(/C=C3/N=CC(C)=C3C)c(C)c2CC)[nH]c(/C=C2\N=CC(C)=C2C)c1C. The predicted molar refractivity (Wildman–Crippen MR) is 142 cm³/mol. The van der Waals surface area contributed by atoms with Crippen molar-refractivity contribution in [1.29, 1.82) is 0 Å². The van der Waals surface area contributed by atoms with E-state index in [4.69, 9.17) is 0 Å². The number of nitrogens with zero attached hydrogens (tertiary/aromatic N) is 2. The Balaban J connectivity index is 1.71. The van der Waals surface area contributed by atoms with Crippen LogP contribution in [0.5, 0.6) is 0 Å². The van der Waals surface area contributed by atoms with E-state index in [1.54, 1.807) is 0 Å². The van der Waals surface area contributed by atoms with Crippen molar-refractivity contribution in [2.24, 2.45) is 9.98 Å². The summed E-state index contributed by atoms with van der Waals surface area (Å²) in [4.78, 5) is 16.7. The van der Waals surface area contributed by atoms with Gasteiger partial charge in [0.2, 0.25) is 0 Å². The molecule has 0 aromatic carbocycles. The standard InChI is InChI=1S/C29H36N4/c1-9-22-20(7)26(11-24-18(5)16(3)14-30-24)32-28(22)13-29-23(10-2)21(8)27(33-29)12-25-19(6)17(4)15-31-25/h11-12,14-15,32-33H,9-10,13H2,1-8H3/b24-11-,25-12+. The summed E-state index contributed by atoms with van der Waals surface area (Å²) in [5.41, 5.74) is 17.5. The van der Waals surface area contributed by atoms with E-state index in [0.29, 0.717) is 0 Å². The first kappa shape index (κ1) is 23.0. The normalized spacial score (nSPS) is 18.3. The van der Waals surface area contributed by atoms with E-state index >= 15 is 0 Å². The van der Waals surface area contributed by atoms with Crippen molar-refractivity contribution in [1.82, 2.24) is 9.97 Å². The minimum Gasteiger partial charge on any atom is -0.358 e. The highest BCUT2D eigenvalue weighted by atomic mass is 14.8. The molecule has 2 N–H and O–H groups in total. The molecule has 4 heteroatoms.